The third-order valence-corrected chi connectivity index (χ3v) is 4.19. The summed E-state index contributed by atoms with van der Waals surface area (Å²) in [5.74, 6) is -0.586. The molecule has 3 rings (SSSR count). The number of rotatable bonds is 5. The van der Waals surface area contributed by atoms with Crippen molar-refractivity contribution in [3.05, 3.63) is 102 Å². The van der Waals surface area contributed by atoms with Gasteiger partial charge >= 0.3 is 0 Å². The van der Waals surface area contributed by atoms with Crippen LogP contribution in [0.4, 0.5) is 5.69 Å². The molecule has 0 bridgehead atoms. The largest absolute Gasteiger partial charge is 0.399 e. The first-order valence-electron chi connectivity index (χ1n) is 8.45. The smallest absolute Gasteiger partial charge is 0.252 e. The zero-order chi connectivity index (χ0) is 18.4. The Morgan fingerprint density at radius 2 is 1.35 bits per heavy atom. The molecule has 0 saturated heterocycles. The maximum Gasteiger partial charge on any atom is 0.252 e. The molecule has 0 spiro atoms. The number of carbonyl (C=O) groups excluding carboxylic acids is 1. The number of hydrazone groups is 1. The minimum Gasteiger partial charge on any atom is -0.399 e. The van der Waals surface area contributed by atoms with Crippen LogP contribution in [0.1, 0.15) is 29.5 Å². The van der Waals surface area contributed by atoms with Crippen molar-refractivity contribution in [1.82, 2.24) is 5.43 Å². The lowest BCUT2D eigenvalue weighted by Gasteiger charge is -2.16. The van der Waals surface area contributed by atoms with E-state index in [-0.39, 0.29) is 5.91 Å². The van der Waals surface area contributed by atoms with E-state index in [2.05, 4.69) is 10.5 Å². The second-order valence-electron chi connectivity index (χ2n) is 6.05. The van der Waals surface area contributed by atoms with Crippen LogP contribution in [0.5, 0.6) is 0 Å². The number of anilines is 1. The zero-order valence-electron chi connectivity index (χ0n) is 14.6. The van der Waals surface area contributed by atoms with Gasteiger partial charge in [-0.1, -0.05) is 72.8 Å². The Morgan fingerprint density at radius 1 is 0.846 bits per heavy atom. The van der Waals surface area contributed by atoms with Crippen LogP contribution in [0.15, 0.2) is 90.0 Å². The van der Waals surface area contributed by atoms with Crippen LogP contribution in [0, 0.1) is 0 Å². The number of hydrogen-bond donors (Lipinski definition) is 2. The minimum absolute atomic E-state index is 0.169. The number of benzene rings is 3. The molecule has 4 heteroatoms. The summed E-state index contributed by atoms with van der Waals surface area (Å²) in [5, 5.41) is 4.27. The van der Waals surface area contributed by atoms with Crippen molar-refractivity contribution in [3.63, 3.8) is 0 Å². The number of amides is 1. The number of nitrogen functional groups attached to an aromatic ring is 1. The van der Waals surface area contributed by atoms with Crippen LogP contribution in [-0.4, -0.2) is 11.6 Å². The number of nitrogens with two attached hydrogens (primary N) is 1. The van der Waals surface area contributed by atoms with Crippen molar-refractivity contribution in [1.29, 1.82) is 0 Å². The van der Waals surface area contributed by atoms with Gasteiger partial charge in [0.2, 0.25) is 0 Å². The van der Waals surface area contributed by atoms with E-state index >= 15 is 0 Å². The van der Waals surface area contributed by atoms with Gasteiger partial charge in [0.05, 0.1) is 11.6 Å². The summed E-state index contributed by atoms with van der Waals surface area (Å²) in [7, 11) is 0. The van der Waals surface area contributed by atoms with E-state index in [9.17, 15) is 4.79 Å². The maximum atomic E-state index is 12.9. The van der Waals surface area contributed by atoms with E-state index in [1.165, 1.54) is 0 Å². The van der Waals surface area contributed by atoms with Crippen LogP contribution >= 0.6 is 0 Å². The number of hydrogen-bond acceptors (Lipinski definition) is 3. The van der Waals surface area contributed by atoms with Gasteiger partial charge in [-0.2, -0.15) is 5.10 Å². The highest BCUT2D eigenvalue weighted by Crippen LogP contribution is 2.24. The zero-order valence-corrected chi connectivity index (χ0v) is 14.6. The fourth-order valence-electron chi connectivity index (χ4n) is 2.78. The van der Waals surface area contributed by atoms with Gasteiger partial charge in [0.25, 0.3) is 5.91 Å². The molecule has 130 valence electrons. The lowest BCUT2D eigenvalue weighted by Crippen LogP contribution is -2.27. The third-order valence-electron chi connectivity index (χ3n) is 4.19. The second kappa shape index (κ2) is 8.12. The molecule has 4 nitrogen and oxygen atoms in total. The summed E-state index contributed by atoms with van der Waals surface area (Å²) in [5.41, 5.74) is 12.6. The van der Waals surface area contributed by atoms with Gasteiger partial charge in [0.1, 0.15) is 0 Å². The highest BCUT2D eigenvalue weighted by molar-refractivity contribution is 6.00. The standard InChI is InChI=1S/C22H21N3O/c1-16(17-12-14-20(23)15-13-17)24-25-22(26)21(18-8-4-2-5-9-18)19-10-6-3-7-11-19/h2-15,21H,23H2,1H3,(H,25,26)/b24-16-. The van der Waals surface area contributed by atoms with E-state index in [4.69, 9.17) is 5.73 Å². The first kappa shape index (κ1) is 17.4. The first-order valence-corrected chi connectivity index (χ1v) is 8.45. The molecule has 3 aromatic carbocycles. The lowest BCUT2D eigenvalue weighted by atomic mass is 9.91. The molecule has 0 fully saturated rings. The normalized spacial score (nSPS) is 11.4. The molecule has 0 aromatic heterocycles. The Hall–Kier alpha value is -3.40. The van der Waals surface area contributed by atoms with Crippen LogP contribution in [0.25, 0.3) is 0 Å². The molecule has 0 atom stereocenters. The van der Waals surface area contributed by atoms with Crippen molar-refractivity contribution >= 4 is 17.3 Å². The summed E-state index contributed by atoms with van der Waals surface area (Å²) in [6, 6.07) is 26.8. The van der Waals surface area contributed by atoms with Gasteiger partial charge in [0, 0.05) is 5.69 Å². The van der Waals surface area contributed by atoms with Gasteiger partial charge in [-0.3, -0.25) is 4.79 Å². The Balaban J connectivity index is 1.84. The van der Waals surface area contributed by atoms with Gasteiger partial charge in [-0.25, -0.2) is 5.43 Å². The summed E-state index contributed by atoms with van der Waals surface area (Å²) < 4.78 is 0. The molecular formula is C22H21N3O. The predicted octanol–water partition coefficient (Wildman–Crippen LogP) is 3.94. The molecular weight excluding hydrogens is 322 g/mol. The summed E-state index contributed by atoms with van der Waals surface area (Å²) in [4.78, 5) is 12.9. The Labute approximate surface area is 153 Å². The SMILES string of the molecule is C/C(=N/NC(=O)C(c1ccccc1)c1ccccc1)c1ccc(N)cc1. The number of carbonyl (C=O) groups is 1. The molecule has 0 aliphatic rings. The molecule has 3 aromatic rings. The minimum atomic E-state index is -0.416. The van der Waals surface area contributed by atoms with E-state index in [1.807, 2.05) is 91.9 Å². The molecule has 0 aliphatic heterocycles. The Bertz CT molecular complexity index is 848. The lowest BCUT2D eigenvalue weighted by molar-refractivity contribution is -0.121. The van der Waals surface area contributed by atoms with Crippen molar-refractivity contribution < 1.29 is 4.79 Å². The van der Waals surface area contributed by atoms with Crippen molar-refractivity contribution in [2.75, 3.05) is 5.73 Å². The average molecular weight is 343 g/mol. The molecule has 0 heterocycles. The van der Waals surface area contributed by atoms with Crippen molar-refractivity contribution in [2.24, 2.45) is 5.10 Å². The Morgan fingerprint density at radius 3 is 1.85 bits per heavy atom. The summed E-state index contributed by atoms with van der Waals surface area (Å²) >= 11 is 0. The molecule has 0 radical (unpaired) electrons. The average Bonchev–Trinajstić information content (AvgIpc) is 2.68. The molecule has 26 heavy (non-hydrogen) atoms. The fraction of sp³-hybridized carbons (Fsp3) is 0.0909. The number of nitrogens with one attached hydrogen (secondary N) is 1. The predicted molar refractivity (Wildman–Crippen MR) is 106 cm³/mol. The van der Waals surface area contributed by atoms with E-state index in [0.29, 0.717) is 5.69 Å². The van der Waals surface area contributed by atoms with E-state index < -0.39 is 5.92 Å². The monoisotopic (exact) mass is 343 g/mol. The van der Waals surface area contributed by atoms with Crippen molar-refractivity contribution in [3.8, 4) is 0 Å². The van der Waals surface area contributed by atoms with Crippen LogP contribution in [-0.2, 0) is 4.79 Å². The summed E-state index contributed by atoms with van der Waals surface area (Å²) in [6.07, 6.45) is 0. The highest BCUT2D eigenvalue weighted by atomic mass is 16.2. The van der Waals surface area contributed by atoms with Gasteiger partial charge in [-0.15, -0.1) is 0 Å². The maximum absolute atomic E-state index is 12.9. The number of nitrogens with zero attached hydrogens (tertiary/aromatic N) is 1. The second-order valence-corrected chi connectivity index (χ2v) is 6.05. The first-order chi connectivity index (χ1) is 12.6. The third kappa shape index (κ3) is 4.16. The van der Waals surface area contributed by atoms with E-state index in [1.54, 1.807) is 0 Å². The van der Waals surface area contributed by atoms with Crippen molar-refractivity contribution in [2.45, 2.75) is 12.8 Å². The van der Waals surface area contributed by atoms with Crippen LogP contribution < -0.4 is 11.2 Å². The highest BCUT2D eigenvalue weighted by Gasteiger charge is 2.22. The topological polar surface area (TPSA) is 67.5 Å². The summed E-state index contributed by atoms with van der Waals surface area (Å²) in [6.45, 7) is 1.85. The van der Waals surface area contributed by atoms with Gasteiger partial charge in [-0.05, 0) is 35.7 Å². The van der Waals surface area contributed by atoms with Crippen LogP contribution in [0.2, 0.25) is 0 Å². The molecule has 0 saturated carbocycles. The van der Waals surface area contributed by atoms with Gasteiger partial charge < -0.3 is 5.73 Å². The van der Waals surface area contributed by atoms with Gasteiger partial charge in [0.15, 0.2) is 0 Å². The fourth-order valence-corrected chi connectivity index (χ4v) is 2.78. The van der Waals surface area contributed by atoms with Crippen LogP contribution in [0.3, 0.4) is 0 Å². The molecule has 0 aliphatic carbocycles. The molecule has 1 amide bonds. The molecule has 0 unspecified atom stereocenters. The van der Waals surface area contributed by atoms with E-state index in [0.717, 1.165) is 22.4 Å². The Kier molecular flexibility index (Phi) is 5.44. The quantitative estimate of drug-likeness (QED) is 0.418. The molecule has 3 N–H and O–H groups in total.